The second-order valence-corrected chi connectivity index (χ2v) is 2.66. The van der Waals surface area contributed by atoms with Crippen molar-refractivity contribution in [3.05, 3.63) is 23.2 Å². The molecular weight excluding hydrogens is 140 g/mol. The summed E-state index contributed by atoms with van der Waals surface area (Å²) in [5, 5.41) is 0. The van der Waals surface area contributed by atoms with E-state index in [1.165, 1.54) is 5.57 Å². The molecule has 0 saturated carbocycles. The Bertz CT molecular complexity index is 202. The number of hydrogen-bond donors (Lipinski definition) is 0. The van der Waals surface area contributed by atoms with Gasteiger partial charge in [0.1, 0.15) is 5.76 Å². The first-order valence-electron chi connectivity index (χ1n) is 3.76. The summed E-state index contributed by atoms with van der Waals surface area (Å²) in [6.45, 7) is 2.09. The molecule has 1 aliphatic carbocycles. The van der Waals surface area contributed by atoms with Crippen LogP contribution in [-0.4, -0.2) is 14.2 Å². The molecule has 0 unspecified atom stereocenters. The fraction of sp³-hybridized carbons (Fsp3) is 0.556. The molecule has 2 heteroatoms. The van der Waals surface area contributed by atoms with Crippen LogP contribution in [0.15, 0.2) is 23.2 Å². The first-order valence-corrected chi connectivity index (χ1v) is 3.76. The molecule has 2 nitrogen and oxygen atoms in total. The summed E-state index contributed by atoms with van der Waals surface area (Å²) in [4.78, 5) is 0. The van der Waals surface area contributed by atoms with Gasteiger partial charge in [-0.15, -0.1) is 0 Å². The lowest BCUT2D eigenvalue weighted by Gasteiger charge is -2.15. The second-order valence-electron chi connectivity index (χ2n) is 2.66. The predicted octanol–water partition coefficient (Wildman–Crippen LogP) is 2.23. The Morgan fingerprint density at radius 1 is 1.18 bits per heavy atom. The van der Waals surface area contributed by atoms with E-state index in [1.54, 1.807) is 14.2 Å². The van der Waals surface area contributed by atoms with Gasteiger partial charge in [0, 0.05) is 12.5 Å². The predicted molar refractivity (Wildman–Crippen MR) is 44.0 cm³/mol. The van der Waals surface area contributed by atoms with Crippen LogP contribution in [0.2, 0.25) is 0 Å². The molecule has 0 aromatic carbocycles. The zero-order chi connectivity index (χ0) is 8.27. The van der Waals surface area contributed by atoms with Gasteiger partial charge in [0.2, 0.25) is 0 Å². The number of ether oxygens (including phenoxy) is 2. The third kappa shape index (κ3) is 1.76. The minimum absolute atomic E-state index is 0.952. The highest BCUT2D eigenvalue weighted by Crippen LogP contribution is 2.23. The molecule has 0 spiro atoms. The van der Waals surface area contributed by atoms with Gasteiger partial charge in [-0.1, -0.05) is 0 Å². The van der Waals surface area contributed by atoms with E-state index in [0.29, 0.717) is 0 Å². The van der Waals surface area contributed by atoms with Crippen molar-refractivity contribution in [2.45, 2.75) is 19.8 Å². The van der Waals surface area contributed by atoms with E-state index < -0.39 is 0 Å². The van der Waals surface area contributed by atoms with Gasteiger partial charge in [-0.05, 0) is 18.9 Å². The first kappa shape index (κ1) is 8.18. The van der Waals surface area contributed by atoms with E-state index in [4.69, 9.17) is 9.47 Å². The standard InChI is InChI=1S/C9H14O2/c1-7-4-5-8(10-2)6-9(7)11-3/h6H,4-5H2,1-3H3. The van der Waals surface area contributed by atoms with E-state index in [9.17, 15) is 0 Å². The molecule has 0 bridgehead atoms. The van der Waals surface area contributed by atoms with Crippen molar-refractivity contribution in [3.8, 4) is 0 Å². The molecule has 62 valence electrons. The monoisotopic (exact) mass is 154 g/mol. The highest BCUT2D eigenvalue weighted by molar-refractivity contribution is 5.25. The topological polar surface area (TPSA) is 18.5 Å². The van der Waals surface area contributed by atoms with Crippen molar-refractivity contribution in [2.75, 3.05) is 14.2 Å². The molecule has 0 radical (unpaired) electrons. The number of allylic oxidation sites excluding steroid dienone is 3. The molecule has 0 aliphatic heterocycles. The summed E-state index contributed by atoms with van der Waals surface area (Å²) in [5.74, 6) is 1.96. The van der Waals surface area contributed by atoms with E-state index in [2.05, 4.69) is 6.92 Å². The van der Waals surface area contributed by atoms with Crippen molar-refractivity contribution in [1.82, 2.24) is 0 Å². The fourth-order valence-electron chi connectivity index (χ4n) is 1.17. The molecule has 0 atom stereocenters. The lowest BCUT2D eigenvalue weighted by atomic mass is 10.0. The quantitative estimate of drug-likeness (QED) is 0.607. The summed E-state index contributed by atoms with van der Waals surface area (Å²) in [6.07, 6.45) is 4.00. The van der Waals surface area contributed by atoms with Gasteiger partial charge in [0.15, 0.2) is 0 Å². The van der Waals surface area contributed by atoms with Crippen LogP contribution in [0.1, 0.15) is 19.8 Å². The molecule has 0 aromatic rings. The third-order valence-corrected chi connectivity index (χ3v) is 1.94. The number of methoxy groups -OCH3 is 2. The van der Waals surface area contributed by atoms with Crippen molar-refractivity contribution < 1.29 is 9.47 Å². The Morgan fingerprint density at radius 2 is 1.91 bits per heavy atom. The van der Waals surface area contributed by atoms with Crippen LogP contribution in [0.4, 0.5) is 0 Å². The molecule has 1 rings (SSSR count). The molecule has 0 fully saturated rings. The lowest BCUT2D eigenvalue weighted by molar-refractivity contribution is 0.254. The average Bonchev–Trinajstić information content (AvgIpc) is 2.05. The van der Waals surface area contributed by atoms with Crippen LogP contribution >= 0.6 is 0 Å². The van der Waals surface area contributed by atoms with Crippen LogP contribution in [0.5, 0.6) is 0 Å². The van der Waals surface area contributed by atoms with Gasteiger partial charge in [-0.2, -0.15) is 0 Å². The van der Waals surface area contributed by atoms with Crippen molar-refractivity contribution in [2.24, 2.45) is 0 Å². The molecule has 0 heterocycles. The lowest BCUT2D eigenvalue weighted by Crippen LogP contribution is -2.00. The van der Waals surface area contributed by atoms with Crippen LogP contribution in [-0.2, 0) is 9.47 Å². The van der Waals surface area contributed by atoms with Crippen LogP contribution < -0.4 is 0 Å². The molecule has 0 saturated heterocycles. The molecular formula is C9H14O2. The van der Waals surface area contributed by atoms with Gasteiger partial charge in [0.05, 0.1) is 20.0 Å². The Morgan fingerprint density at radius 3 is 2.45 bits per heavy atom. The van der Waals surface area contributed by atoms with E-state index in [-0.39, 0.29) is 0 Å². The number of rotatable bonds is 2. The molecule has 11 heavy (non-hydrogen) atoms. The van der Waals surface area contributed by atoms with E-state index in [0.717, 1.165) is 24.4 Å². The zero-order valence-electron chi connectivity index (χ0n) is 7.31. The van der Waals surface area contributed by atoms with Crippen LogP contribution in [0, 0.1) is 0 Å². The highest BCUT2D eigenvalue weighted by atomic mass is 16.5. The SMILES string of the molecule is COC1=CC(OC)=C(C)CC1. The Labute approximate surface area is 67.5 Å². The first-order chi connectivity index (χ1) is 5.27. The van der Waals surface area contributed by atoms with Gasteiger partial charge in [-0.3, -0.25) is 0 Å². The van der Waals surface area contributed by atoms with Gasteiger partial charge >= 0.3 is 0 Å². The van der Waals surface area contributed by atoms with Crippen molar-refractivity contribution in [1.29, 1.82) is 0 Å². The van der Waals surface area contributed by atoms with Crippen molar-refractivity contribution in [3.63, 3.8) is 0 Å². The maximum atomic E-state index is 5.16. The van der Waals surface area contributed by atoms with Crippen molar-refractivity contribution >= 4 is 0 Å². The maximum absolute atomic E-state index is 5.16. The minimum Gasteiger partial charge on any atom is -0.501 e. The molecule has 0 amide bonds. The third-order valence-electron chi connectivity index (χ3n) is 1.94. The Balaban J connectivity index is 2.78. The zero-order valence-corrected chi connectivity index (χ0v) is 7.31. The average molecular weight is 154 g/mol. The van der Waals surface area contributed by atoms with Crippen LogP contribution in [0.3, 0.4) is 0 Å². The maximum Gasteiger partial charge on any atom is 0.121 e. The van der Waals surface area contributed by atoms with E-state index in [1.807, 2.05) is 6.08 Å². The summed E-state index contributed by atoms with van der Waals surface area (Å²) in [5.41, 5.74) is 1.30. The summed E-state index contributed by atoms with van der Waals surface area (Å²) >= 11 is 0. The summed E-state index contributed by atoms with van der Waals surface area (Å²) in [7, 11) is 3.38. The molecule has 0 N–H and O–H groups in total. The second kappa shape index (κ2) is 3.46. The van der Waals surface area contributed by atoms with Crippen LogP contribution in [0.25, 0.3) is 0 Å². The summed E-state index contributed by atoms with van der Waals surface area (Å²) in [6, 6.07) is 0. The fourth-order valence-corrected chi connectivity index (χ4v) is 1.17. The Kier molecular flexibility index (Phi) is 2.58. The minimum atomic E-state index is 0.952. The molecule has 0 aromatic heterocycles. The summed E-state index contributed by atoms with van der Waals surface area (Å²) < 4.78 is 10.3. The molecule has 1 aliphatic rings. The largest absolute Gasteiger partial charge is 0.501 e. The van der Waals surface area contributed by atoms with E-state index >= 15 is 0 Å². The highest BCUT2D eigenvalue weighted by Gasteiger charge is 2.09. The van der Waals surface area contributed by atoms with Gasteiger partial charge in [-0.25, -0.2) is 0 Å². The van der Waals surface area contributed by atoms with Gasteiger partial charge in [0.25, 0.3) is 0 Å². The number of hydrogen-bond acceptors (Lipinski definition) is 2. The smallest absolute Gasteiger partial charge is 0.121 e. The van der Waals surface area contributed by atoms with Gasteiger partial charge < -0.3 is 9.47 Å². The Hall–Kier alpha value is -0.920. The normalized spacial score (nSPS) is 17.9.